The van der Waals surface area contributed by atoms with Crippen molar-refractivity contribution in [2.24, 2.45) is 5.92 Å². The van der Waals surface area contributed by atoms with Crippen LogP contribution in [0.1, 0.15) is 30.0 Å². The molecule has 1 aliphatic carbocycles. The van der Waals surface area contributed by atoms with Gasteiger partial charge in [-0.15, -0.1) is 11.6 Å². The third kappa shape index (κ3) is 6.88. The third-order valence-electron chi connectivity index (χ3n) is 5.34. The van der Waals surface area contributed by atoms with Crippen molar-refractivity contribution in [1.29, 1.82) is 0 Å². The molecule has 1 fully saturated rings. The third-order valence-corrected chi connectivity index (χ3v) is 6.60. The van der Waals surface area contributed by atoms with Crippen molar-refractivity contribution in [3.8, 4) is 0 Å². The number of likely N-dealkylation sites (N-methyl/N-ethyl adjacent to an activating group) is 1. The first-order valence-corrected chi connectivity index (χ1v) is 11.9. The van der Waals surface area contributed by atoms with E-state index in [0.717, 1.165) is 29.2 Å². The molecule has 2 unspecified atom stereocenters. The van der Waals surface area contributed by atoms with Crippen LogP contribution < -0.4 is 4.72 Å². The number of benzene rings is 2. The molecule has 1 N–H and O–H groups in total. The van der Waals surface area contributed by atoms with E-state index in [0.29, 0.717) is 23.9 Å². The zero-order valence-corrected chi connectivity index (χ0v) is 19.0. The van der Waals surface area contributed by atoms with Gasteiger partial charge in [-0.05, 0) is 55.1 Å². The molecule has 0 bridgehead atoms. The van der Waals surface area contributed by atoms with Crippen molar-refractivity contribution in [3.63, 3.8) is 0 Å². The summed E-state index contributed by atoms with van der Waals surface area (Å²) in [6, 6.07) is 13.8. The molecular weight excluding hydrogens is 438 g/mol. The molecule has 0 amide bonds. The Morgan fingerprint density at radius 2 is 1.97 bits per heavy atom. The number of carbonyl (C=O) groups is 1. The minimum Gasteiger partial charge on any atom is -0.302 e. The predicted octanol–water partition coefficient (Wildman–Crippen LogP) is 5.48. The molecule has 0 radical (unpaired) electrons. The zero-order valence-electron chi connectivity index (χ0n) is 17.4. The number of hydrogen-bond acceptors (Lipinski definition) is 4. The summed E-state index contributed by atoms with van der Waals surface area (Å²) in [5.74, 6) is 1.30. The summed E-state index contributed by atoms with van der Waals surface area (Å²) in [5, 5.41) is 0. The van der Waals surface area contributed by atoms with Crippen molar-refractivity contribution in [3.05, 3.63) is 77.4 Å². The number of halogens is 3. The lowest BCUT2D eigenvalue weighted by atomic mass is 10.0. The van der Waals surface area contributed by atoms with Crippen LogP contribution in [0.25, 0.3) is 5.57 Å². The number of rotatable bonds is 8. The van der Waals surface area contributed by atoms with Gasteiger partial charge in [-0.3, -0.25) is 9.62 Å². The van der Waals surface area contributed by atoms with Crippen molar-refractivity contribution >= 4 is 35.4 Å². The van der Waals surface area contributed by atoms with E-state index in [4.69, 9.17) is 11.6 Å². The molecular formula is C24H27ClF2N2OS. The summed E-state index contributed by atoms with van der Waals surface area (Å²) in [7, 11) is 1.98. The van der Waals surface area contributed by atoms with Gasteiger partial charge < -0.3 is 4.79 Å². The lowest BCUT2D eigenvalue weighted by Crippen LogP contribution is -2.27. The molecule has 0 spiro atoms. The quantitative estimate of drug-likeness (QED) is 0.243. The van der Waals surface area contributed by atoms with Gasteiger partial charge in [0.25, 0.3) is 0 Å². The van der Waals surface area contributed by atoms with Gasteiger partial charge >= 0.3 is 0 Å². The average Bonchev–Trinajstić information content (AvgIpc) is 3.55. The first-order chi connectivity index (χ1) is 15.0. The number of aldehydes is 1. The summed E-state index contributed by atoms with van der Waals surface area (Å²) >= 11 is 7.02. The molecule has 2 aromatic carbocycles. The topological polar surface area (TPSA) is 32.3 Å². The Morgan fingerprint density at radius 1 is 1.23 bits per heavy atom. The molecule has 1 heterocycles. The number of hydrogen-bond donors (Lipinski definition) is 1. The Labute approximate surface area is 192 Å². The monoisotopic (exact) mass is 464 g/mol. The van der Waals surface area contributed by atoms with Crippen molar-refractivity contribution < 1.29 is 13.6 Å². The van der Waals surface area contributed by atoms with E-state index in [1.165, 1.54) is 25.0 Å². The normalized spacial score (nSPS) is 19.4. The fourth-order valence-electron chi connectivity index (χ4n) is 3.54. The number of carbonyl (C=O) groups excluding carboxylic acids is 1. The van der Waals surface area contributed by atoms with E-state index in [1.807, 2.05) is 43.5 Å². The second-order valence-corrected chi connectivity index (χ2v) is 9.05. The molecule has 2 aromatic rings. The fourth-order valence-corrected chi connectivity index (χ4v) is 4.41. The standard InChI is InChI=1S/C17H15F2N.C7H12ClNOS/c1-20-11-13(15-10-14(18)7-8-16(15)19)9-17(20)12-5-3-2-4-6-12;8-3-4-11-9-7(5-10)6-1-2-6/h2-10,17H,11H2,1H3;5-7,9H,1-4H2. The summed E-state index contributed by atoms with van der Waals surface area (Å²) in [6.07, 6.45) is 5.39. The number of alkyl halides is 1. The number of nitrogens with zero attached hydrogens (tertiary/aromatic N) is 1. The van der Waals surface area contributed by atoms with E-state index in [1.54, 1.807) is 11.9 Å². The van der Waals surface area contributed by atoms with Crippen LogP contribution in [0.4, 0.5) is 8.78 Å². The van der Waals surface area contributed by atoms with E-state index >= 15 is 0 Å². The highest BCUT2D eigenvalue weighted by Crippen LogP contribution is 2.34. The van der Waals surface area contributed by atoms with Gasteiger partial charge in [0.15, 0.2) is 0 Å². The van der Waals surface area contributed by atoms with Crippen LogP contribution >= 0.6 is 23.5 Å². The van der Waals surface area contributed by atoms with Crippen LogP contribution in [0.15, 0.2) is 54.6 Å². The van der Waals surface area contributed by atoms with Crippen LogP contribution in [-0.4, -0.2) is 42.5 Å². The molecule has 2 aliphatic rings. The lowest BCUT2D eigenvalue weighted by molar-refractivity contribution is -0.109. The highest BCUT2D eigenvalue weighted by atomic mass is 35.5. The molecule has 3 nitrogen and oxygen atoms in total. The van der Waals surface area contributed by atoms with E-state index in [2.05, 4.69) is 9.62 Å². The van der Waals surface area contributed by atoms with Crippen molar-refractivity contribution in [2.45, 2.75) is 24.9 Å². The van der Waals surface area contributed by atoms with E-state index in [-0.39, 0.29) is 17.9 Å². The Morgan fingerprint density at radius 3 is 2.61 bits per heavy atom. The molecule has 0 saturated heterocycles. The molecule has 7 heteroatoms. The maximum atomic E-state index is 13.9. The largest absolute Gasteiger partial charge is 0.302 e. The van der Waals surface area contributed by atoms with Gasteiger partial charge in [0, 0.05) is 23.7 Å². The average molecular weight is 465 g/mol. The van der Waals surface area contributed by atoms with Gasteiger partial charge in [-0.1, -0.05) is 48.4 Å². The SMILES string of the molecule is CN1CC(c2cc(F)ccc2F)=CC1c1ccccc1.O=CC(NSCCCl)C1CC1. The van der Waals surface area contributed by atoms with E-state index in [9.17, 15) is 13.6 Å². The van der Waals surface area contributed by atoms with Gasteiger partial charge in [0.2, 0.25) is 0 Å². The fraction of sp³-hybridized carbons (Fsp3) is 0.375. The first kappa shape index (κ1) is 23.9. The smallest absolute Gasteiger partial charge is 0.138 e. The van der Waals surface area contributed by atoms with Gasteiger partial charge in [0.1, 0.15) is 17.9 Å². The molecule has 4 rings (SSSR count). The number of nitrogens with one attached hydrogen (secondary N) is 1. The minimum atomic E-state index is -0.409. The van der Waals surface area contributed by atoms with Gasteiger partial charge in [0.05, 0.1) is 12.1 Å². The second kappa shape index (κ2) is 11.8. The van der Waals surface area contributed by atoms with Crippen molar-refractivity contribution in [1.82, 2.24) is 9.62 Å². The summed E-state index contributed by atoms with van der Waals surface area (Å²) < 4.78 is 30.3. The second-order valence-electron chi connectivity index (χ2n) is 7.74. The van der Waals surface area contributed by atoms with Crippen molar-refractivity contribution in [2.75, 3.05) is 25.2 Å². The van der Waals surface area contributed by atoms with Crippen LogP contribution in [0.2, 0.25) is 0 Å². The van der Waals surface area contributed by atoms with Crippen LogP contribution in [0.3, 0.4) is 0 Å². The van der Waals surface area contributed by atoms with Gasteiger partial charge in [-0.25, -0.2) is 8.78 Å². The maximum Gasteiger partial charge on any atom is 0.138 e. The minimum absolute atomic E-state index is 0.0585. The molecule has 31 heavy (non-hydrogen) atoms. The van der Waals surface area contributed by atoms with E-state index < -0.39 is 5.82 Å². The Bertz CT molecular complexity index is 892. The highest BCUT2D eigenvalue weighted by Gasteiger charge is 2.30. The van der Waals surface area contributed by atoms with Crippen LogP contribution in [0, 0.1) is 17.6 Å². The Hall–Kier alpha value is -1.73. The Balaban J connectivity index is 0.000000210. The zero-order chi connectivity index (χ0) is 22.2. The molecule has 1 aliphatic heterocycles. The summed E-state index contributed by atoms with van der Waals surface area (Å²) in [4.78, 5) is 12.6. The first-order valence-electron chi connectivity index (χ1n) is 10.3. The molecule has 2 atom stereocenters. The lowest BCUT2D eigenvalue weighted by Gasteiger charge is -2.19. The summed E-state index contributed by atoms with van der Waals surface area (Å²) in [5.41, 5.74) is 2.34. The Kier molecular flexibility index (Phi) is 9.08. The molecule has 0 aromatic heterocycles. The van der Waals surface area contributed by atoms with Crippen LogP contribution in [0.5, 0.6) is 0 Å². The summed E-state index contributed by atoms with van der Waals surface area (Å²) in [6.45, 7) is 0.611. The molecule has 1 saturated carbocycles. The maximum absolute atomic E-state index is 13.9. The molecule has 166 valence electrons. The van der Waals surface area contributed by atoms with Gasteiger partial charge in [-0.2, -0.15) is 0 Å². The predicted molar refractivity (Wildman–Crippen MR) is 125 cm³/mol. The highest BCUT2D eigenvalue weighted by molar-refractivity contribution is 7.97. The van der Waals surface area contributed by atoms with Crippen LogP contribution in [-0.2, 0) is 4.79 Å².